The fraction of sp³-hybridized carbons (Fsp3) is 0.500. The van der Waals surface area contributed by atoms with E-state index >= 15 is 0 Å². The molecule has 1 unspecified atom stereocenters. The molecular formula is C12H15ClF3NO. The molecule has 0 aromatic heterocycles. The van der Waals surface area contributed by atoms with E-state index in [1.54, 1.807) is 31.2 Å². The van der Waals surface area contributed by atoms with Crippen LogP contribution in [-0.2, 0) is 5.54 Å². The molecule has 0 amide bonds. The van der Waals surface area contributed by atoms with Gasteiger partial charge in [0.2, 0.25) is 0 Å². The third kappa shape index (κ3) is 3.86. The van der Waals surface area contributed by atoms with Crippen molar-refractivity contribution >= 4 is 11.6 Å². The molecule has 0 radical (unpaired) electrons. The van der Waals surface area contributed by atoms with Crippen molar-refractivity contribution < 1.29 is 18.3 Å². The van der Waals surface area contributed by atoms with E-state index in [0.717, 1.165) is 0 Å². The van der Waals surface area contributed by atoms with Crippen molar-refractivity contribution in [1.82, 2.24) is 5.32 Å². The summed E-state index contributed by atoms with van der Waals surface area (Å²) in [5.74, 6) is 0. The molecule has 18 heavy (non-hydrogen) atoms. The van der Waals surface area contributed by atoms with Gasteiger partial charge in [-0.25, -0.2) is 0 Å². The van der Waals surface area contributed by atoms with Crippen LogP contribution in [0, 0.1) is 0 Å². The minimum Gasteiger partial charge on any atom is -0.394 e. The maximum Gasteiger partial charge on any atom is 0.401 e. The molecule has 6 heteroatoms. The van der Waals surface area contributed by atoms with Crippen LogP contribution in [0.15, 0.2) is 24.3 Å². The van der Waals surface area contributed by atoms with Crippen molar-refractivity contribution in [3.63, 3.8) is 0 Å². The van der Waals surface area contributed by atoms with E-state index < -0.39 is 24.9 Å². The number of aliphatic hydroxyl groups excluding tert-OH is 1. The van der Waals surface area contributed by atoms with Gasteiger partial charge in [-0.3, -0.25) is 5.32 Å². The minimum absolute atomic E-state index is 0.319. The highest BCUT2D eigenvalue weighted by Gasteiger charge is 2.35. The van der Waals surface area contributed by atoms with Crippen molar-refractivity contribution in [3.05, 3.63) is 34.9 Å². The van der Waals surface area contributed by atoms with Gasteiger partial charge in [0.25, 0.3) is 0 Å². The molecule has 2 nitrogen and oxygen atoms in total. The van der Waals surface area contributed by atoms with Gasteiger partial charge >= 0.3 is 6.18 Å². The number of hydrogen-bond donors (Lipinski definition) is 2. The van der Waals surface area contributed by atoms with Crippen LogP contribution in [0.4, 0.5) is 13.2 Å². The maximum atomic E-state index is 12.3. The van der Waals surface area contributed by atoms with Crippen molar-refractivity contribution in [1.29, 1.82) is 0 Å². The van der Waals surface area contributed by atoms with E-state index in [1.165, 1.54) is 0 Å². The third-order valence-corrected chi connectivity index (χ3v) is 3.11. The van der Waals surface area contributed by atoms with E-state index in [9.17, 15) is 18.3 Å². The van der Waals surface area contributed by atoms with Crippen LogP contribution in [0.25, 0.3) is 0 Å². The number of benzene rings is 1. The van der Waals surface area contributed by atoms with Gasteiger partial charge < -0.3 is 5.11 Å². The lowest BCUT2D eigenvalue weighted by atomic mass is 9.88. The largest absolute Gasteiger partial charge is 0.401 e. The normalized spacial score (nSPS) is 15.4. The zero-order chi connectivity index (χ0) is 13.8. The molecule has 0 aliphatic rings. The van der Waals surface area contributed by atoms with Crippen molar-refractivity contribution in [2.24, 2.45) is 0 Å². The van der Waals surface area contributed by atoms with Gasteiger partial charge in [0.05, 0.1) is 18.7 Å². The lowest BCUT2D eigenvalue weighted by Crippen LogP contribution is -2.48. The van der Waals surface area contributed by atoms with Crippen LogP contribution in [0.2, 0.25) is 5.02 Å². The smallest absolute Gasteiger partial charge is 0.394 e. The summed E-state index contributed by atoms with van der Waals surface area (Å²) in [4.78, 5) is 0. The van der Waals surface area contributed by atoms with Gasteiger partial charge in [-0.05, 0) is 24.1 Å². The van der Waals surface area contributed by atoms with Crippen molar-refractivity contribution in [2.45, 2.75) is 25.1 Å². The predicted octanol–water partition coefficient (Wildman–Crippen LogP) is 3.09. The molecule has 2 N–H and O–H groups in total. The molecule has 1 atom stereocenters. The van der Waals surface area contributed by atoms with Crippen molar-refractivity contribution in [3.8, 4) is 0 Å². The van der Waals surface area contributed by atoms with E-state index in [1.807, 2.05) is 0 Å². The Hall–Kier alpha value is -0.780. The Morgan fingerprint density at radius 3 is 2.44 bits per heavy atom. The van der Waals surface area contributed by atoms with Crippen LogP contribution in [0.1, 0.15) is 18.9 Å². The summed E-state index contributed by atoms with van der Waals surface area (Å²) >= 11 is 5.82. The molecule has 1 aromatic carbocycles. The molecule has 0 heterocycles. The van der Waals surface area contributed by atoms with E-state index in [-0.39, 0.29) is 0 Å². The lowest BCUT2D eigenvalue weighted by molar-refractivity contribution is -0.130. The molecule has 102 valence electrons. The monoisotopic (exact) mass is 281 g/mol. The number of aliphatic hydroxyl groups is 1. The first kappa shape index (κ1) is 15.3. The zero-order valence-corrected chi connectivity index (χ0v) is 10.6. The van der Waals surface area contributed by atoms with Crippen molar-refractivity contribution in [2.75, 3.05) is 13.2 Å². The number of hydrogen-bond acceptors (Lipinski definition) is 2. The summed E-state index contributed by atoms with van der Waals surface area (Å²) in [7, 11) is 0. The Morgan fingerprint density at radius 1 is 1.33 bits per heavy atom. The van der Waals surface area contributed by atoms with Gasteiger partial charge in [-0.2, -0.15) is 13.2 Å². The summed E-state index contributed by atoms with van der Waals surface area (Å²) < 4.78 is 36.9. The summed E-state index contributed by atoms with van der Waals surface area (Å²) in [5, 5.41) is 12.3. The Balaban J connectivity index is 2.99. The molecule has 0 bridgehead atoms. The molecular weight excluding hydrogens is 267 g/mol. The maximum absolute atomic E-state index is 12.3. The molecule has 0 saturated carbocycles. The number of alkyl halides is 3. The molecule has 0 saturated heterocycles. The molecule has 0 fully saturated rings. The molecule has 0 spiro atoms. The predicted molar refractivity (Wildman–Crippen MR) is 64.6 cm³/mol. The average molecular weight is 282 g/mol. The number of halogens is 4. The highest BCUT2D eigenvalue weighted by molar-refractivity contribution is 6.30. The fourth-order valence-corrected chi connectivity index (χ4v) is 1.94. The van der Waals surface area contributed by atoms with E-state index in [2.05, 4.69) is 5.32 Å². The van der Waals surface area contributed by atoms with Gasteiger partial charge in [0.1, 0.15) is 0 Å². The highest BCUT2D eigenvalue weighted by Crippen LogP contribution is 2.28. The Labute approximate surface area is 109 Å². The zero-order valence-electron chi connectivity index (χ0n) is 9.89. The highest BCUT2D eigenvalue weighted by atomic mass is 35.5. The Kier molecular flexibility index (Phi) is 5.01. The number of rotatable bonds is 5. The first-order valence-corrected chi connectivity index (χ1v) is 5.89. The Morgan fingerprint density at radius 2 is 2.00 bits per heavy atom. The summed E-state index contributed by atoms with van der Waals surface area (Å²) in [6.45, 7) is 0.119. The molecule has 0 aliphatic carbocycles. The standard InChI is InChI=1S/C12H15ClF3NO/c1-2-11(8-18,17-7-12(14,15)16)9-4-3-5-10(13)6-9/h3-6,17-18H,2,7-8H2,1H3. The molecule has 1 rings (SSSR count). The van der Waals surface area contributed by atoms with Crippen LogP contribution in [0.3, 0.4) is 0 Å². The summed E-state index contributed by atoms with van der Waals surface area (Å²) in [5.41, 5.74) is -0.579. The molecule has 1 aromatic rings. The second-order valence-corrected chi connectivity index (χ2v) is 4.51. The van der Waals surface area contributed by atoms with Crippen LogP contribution in [0.5, 0.6) is 0 Å². The van der Waals surface area contributed by atoms with Gasteiger partial charge in [-0.1, -0.05) is 30.7 Å². The van der Waals surface area contributed by atoms with Gasteiger partial charge in [0.15, 0.2) is 0 Å². The second kappa shape index (κ2) is 5.91. The van der Waals surface area contributed by atoms with Crippen LogP contribution < -0.4 is 5.32 Å². The van der Waals surface area contributed by atoms with E-state index in [0.29, 0.717) is 17.0 Å². The van der Waals surface area contributed by atoms with Gasteiger partial charge in [0, 0.05) is 5.02 Å². The van der Waals surface area contributed by atoms with E-state index in [4.69, 9.17) is 11.6 Å². The van der Waals surface area contributed by atoms with Crippen LogP contribution in [-0.4, -0.2) is 24.4 Å². The summed E-state index contributed by atoms with van der Waals surface area (Å²) in [6, 6.07) is 6.49. The molecule has 0 aliphatic heterocycles. The lowest BCUT2D eigenvalue weighted by Gasteiger charge is -2.33. The minimum atomic E-state index is -4.33. The third-order valence-electron chi connectivity index (χ3n) is 2.88. The summed E-state index contributed by atoms with van der Waals surface area (Å²) in [6.07, 6.45) is -4.01. The van der Waals surface area contributed by atoms with Gasteiger partial charge in [-0.15, -0.1) is 0 Å². The average Bonchev–Trinajstić information content (AvgIpc) is 2.30. The fourth-order valence-electron chi connectivity index (χ4n) is 1.75. The SMILES string of the molecule is CCC(CO)(NCC(F)(F)F)c1cccc(Cl)c1. The first-order valence-electron chi connectivity index (χ1n) is 5.51. The number of nitrogens with one attached hydrogen (secondary N) is 1. The topological polar surface area (TPSA) is 32.3 Å². The van der Waals surface area contributed by atoms with Crippen LogP contribution >= 0.6 is 11.6 Å². The quantitative estimate of drug-likeness (QED) is 0.869. The Bertz CT molecular complexity index is 391. The first-order chi connectivity index (χ1) is 8.33. The second-order valence-electron chi connectivity index (χ2n) is 4.07.